The van der Waals surface area contributed by atoms with Gasteiger partial charge in [0.25, 0.3) is 0 Å². The van der Waals surface area contributed by atoms with Crippen LogP contribution in [0.2, 0.25) is 0 Å². The molecule has 66 valence electrons. The lowest BCUT2D eigenvalue weighted by Crippen LogP contribution is -1.78. The molecule has 1 saturated carbocycles. The van der Waals surface area contributed by atoms with Gasteiger partial charge in [0.05, 0.1) is 0 Å². The van der Waals surface area contributed by atoms with Crippen LogP contribution in [-0.4, -0.2) is 5.24 Å². The molecule has 0 aromatic carbocycles. The van der Waals surface area contributed by atoms with Crippen molar-refractivity contribution >= 4 is 16.8 Å². The molecule has 0 atom stereocenters. The summed E-state index contributed by atoms with van der Waals surface area (Å²) in [5, 5.41) is -0.273. The van der Waals surface area contributed by atoms with E-state index in [1.54, 1.807) is 6.92 Å². The zero-order valence-electron chi connectivity index (χ0n) is 7.40. The van der Waals surface area contributed by atoms with Crippen molar-refractivity contribution in [2.75, 3.05) is 0 Å². The third-order valence-corrected chi connectivity index (χ3v) is 2.19. The molecule has 1 aliphatic carbocycles. The number of hydrogen-bond donors (Lipinski definition) is 0. The van der Waals surface area contributed by atoms with E-state index in [0.717, 1.165) is 5.92 Å². The third-order valence-electron chi connectivity index (χ3n) is 1.92. The van der Waals surface area contributed by atoms with E-state index >= 15 is 0 Å². The summed E-state index contributed by atoms with van der Waals surface area (Å²) in [6.45, 7) is 4.06. The van der Waals surface area contributed by atoms with Crippen molar-refractivity contribution in [2.45, 2.75) is 46.0 Å². The number of rotatable bonds is 1. The van der Waals surface area contributed by atoms with E-state index in [4.69, 9.17) is 11.6 Å². The fourth-order valence-corrected chi connectivity index (χ4v) is 1.13. The maximum absolute atomic E-state index is 9.58. The van der Waals surface area contributed by atoms with Gasteiger partial charge in [-0.15, -0.1) is 0 Å². The van der Waals surface area contributed by atoms with Crippen LogP contribution in [0.4, 0.5) is 0 Å². The molecule has 0 spiro atoms. The average Bonchev–Trinajstić information content (AvgIpc) is 2.41. The molecule has 0 unspecified atom stereocenters. The summed E-state index contributed by atoms with van der Waals surface area (Å²) in [4.78, 5) is 9.58. The van der Waals surface area contributed by atoms with E-state index in [1.165, 1.54) is 25.7 Å². The second kappa shape index (κ2) is 6.66. The Kier molecular flexibility index (Phi) is 6.63. The van der Waals surface area contributed by atoms with Crippen molar-refractivity contribution in [1.29, 1.82) is 0 Å². The number of carbonyl (C=O) groups is 1. The van der Waals surface area contributed by atoms with E-state index in [-0.39, 0.29) is 5.24 Å². The van der Waals surface area contributed by atoms with Gasteiger partial charge in [0.2, 0.25) is 5.24 Å². The Morgan fingerprint density at radius 2 is 1.82 bits per heavy atom. The quantitative estimate of drug-likeness (QED) is 0.560. The average molecular weight is 177 g/mol. The Morgan fingerprint density at radius 1 is 1.45 bits per heavy atom. The summed E-state index contributed by atoms with van der Waals surface area (Å²) >= 11 is 4.82. The van der Waals surface area contributed by atoms with Gasteiger partial charge in [-0.05, 0) is 17.5 Å². The van der Waals surface area contributed by atoms with Crippen LogP contribution < -0.4 is 0 Å². The lowest BCUT2D eigenvalue weighted by atomic mass is 10.2. The summed E-state index contributed by atoms with van der Waals surface area (Å²) in [5.41, 5.74) is 0. The zero-order chi connectivity index (χ0) is 8.69. The van der Waals surface area contributed by atoms with Crippen LogP contribution in [0.3, 0.4) is 0 Å². The highest BCUT2D eigenvalue weighted by atomic mass is 35.5. The molecule has 11 heavy (non-hydrogen) atoms. The highest BCUT2D eigenvalue weighted by molar-refractivity contribution is 6.63. The highest BCUT2D eigenvalue weighted by Gasteiger charge is 2.07. The number of halogens is 1. The molecule has 0 aliphatic heterocycles. The first kappa shape index (κ1) is 11.0. The minimum atomic E-state index is -0.273. The highest BCUT2D eigenvalue weighted by Crippen LogP contribution is 2.22. The summed E-state index contributed by atoms with van der Waals surface area (Å²) in [6, 6.07) is 0. The molecule has 1 aliphatic rings. The fraction of sp³-hybridized carbons (Fsp3) is 0.889. The topological polar surface area (TPSA) is 17.1 Å². The maximum atomic E-state index is 9.58. The summed E-state index contributed by atoms with van der Waals surface area (Å²) in [6.07, 6.45) is 6.38. The molecule has 1 rings (SSSR count). The predicted molar refractivity (Wildman–Crippen MR) is 48.8 cm³/mol. The molecule has 0 saturated heterocycles. The molecule has 2 heteroatoms. The van der Waals surface area contributed by atoms with Gasteiger partial charge in [-0.1, -0.05) is 39.5 Å². The van der Waals surface area contributed by atoms with E-state index in [2.05, 4.69) is 6.92 Å². The standard InChI is InChI=1S/C6H12.C3H5ClO/c1-6-4-2-3-5-6;1-2-3(4)5/h6H,2-5H2,1H3;2H2,1H3. The van der Waals surface area contributed by atoms with Crippen molar-refractivity contribution in [3.63, 3.8) is 0 Å². The number of hydrogen-bond acceptors (Lipinski definition) is 1. The normalized spacial score (nSPS) is 17.4. The van der Waals surface area contributed by atoms with Gasteiger partial charge in [0.1, 0.15) is 0 Å². The van der Waals surface area contributed by atoms with Crippen molar-refractivity contribution in [1.82, 2.24) is 0 Å². The van der Waals surface area contributed by atoms with Gasteiger partial charge in [0, 0.05) is 6.42 Å². The molecule has 0 N–H and O–H groups in total. The van der Waals surface area contributed by atoms with E-state index in [9.17, 15) is 4.79 Å². The Balaban J connectivity index is 0.000000187. The van der Waals surface area contributed by atoms with Crippen LogP contribution in [-0.2, 0) is 4.79 Å². The lowest BCUT2D eigenvalue weighted by Gasteiger charge is -1.91. The molecule has 0 radical (unpaired) electrons. The molecule has 1 fully saturated rings. The minimum absolute atomic E-state index is 0.273. The summed E-state index contributed by atoms with van der Waals surface area (Å²) < 4.78 is 0. The van der Waals surface area contributed by atoms with Crippen LogP contribution in [0.15, 0.2) is 0 Å². The monoisotopic (exact) mass is 176 g/mol. The van der Waals surface area contributed by atoms with Crippen LogP contribution >= 0.6 is 11.6 Å². The van der Waals surface area contributed by atoms with Crippen LogP contribution in [0.5, 0.6) is 0 Å². The Hall–Kier alpha value is -0.0400. The van der Waals surface area contributed by atoms with E-state index < -0.39 is 0 Å². The molecule has 0 heterocycles. The van der Waals surface area contributed by atoms with Crippen LogP contribution in [0.25, 0.3) is 0 Å². The van der Waals surface area contributed by atoms with Gasteiger partial charge in [-0.3, -0.25) is 4.79 Å². The Morgan fingerprint density at radius 3 is 1.91 bits per heavy atom. The zero-order valence-corrected chi connectivity index (χ0v) is 8.16. The van der Waals surface area contributed by atoms with Crippen LogP contribution in [0, 0.1) is 5.92 Å². The first-order valence-electron chi connectivity index (χ1n) is 4.35. The number of carbonyl (C=O) groups excluding carboxylic acids is 1. The molecular formula is C9H17ClO. The van der Waals surface area contributed by atoms with Crippen molar-refractivity contribution in [2.24, 2.45) is 5.92 Å². The smallest absolute Gasteiger partial charge is 0.221 e. The predicted octanol–water partition coefficient (Wildman–Crippen LogP) is 3.36. The van der Waals surface area contributed by atoms with Gasteiger partial charge >= 0.3 is 0 Å². The Bertz CT molecular complexity index is 106. The van der Waals surface area contributed by atoms with E-state index in [1.807, 2.05) is 0 Å². The first-order valence-corrected chi connectivity index (χ1v) is 4.73. The van der Waals surface area contributed by atoms with E-state index in [0.29, 0.717) is 6.42 Å². The summed E-state index contributed by atoms with van der Waals surface area (Å²) in [5.74, 6) is 1.05. The van der Waals surface area contributed by atoms with Gasteiger partial charge in [-0.2, -0.15) is 0 Å². The molecule has 1 nitrogen and oxygen atoms in total. The maximum Gasteiger partial charge on any atom is 0.221 e. The second-order valence-corrected chi connectivity index (χ2v) is 3.52. The first-order chi connectivity index (χ1) is 5.16. The molecule has 0 aromatic heterocycles. The molecular weight excluding hydrogens is 160 g/mol. The summed E-state index contributed by atoms with van der Waals surface area (Å²) in [7, 11) is 0. The second-order valence-electron chi connectivity index (χ2n) is 3.10. The fourth-order valence-electron chi connectivity index (χ4n) is 1.13. The minimum Gasteiger partial charge on any atom is -0.281 e. The molecule has 0 amide bonds. The van der Waals surface area contributed by atoms with Crippen molar-refractivity contribution < 1.29 is 4.79 Å². The largest absolute Gasteiger partial charge is 0.281 e. The third kappa shape index (κ3) is 7.86. The Labute approximate surface area is 74.1 Å². The lowest BCUT2D eigenvalue weighted by molar-refractivity contribution is -0.111. The molecule has 0 aromatic rings. The SMILES string of the molecule is CC1CCCC1.CCC(=O)Cl. The molecule has 0 bridgehead atoms. The van der Waals surface area contributed by atoms with Gasteiger partial charge in [0.15, 0.2) is 0 Å². The van der Waals surface area contributed by atoms with Gasteiger partial charge < -0.3 is 0 Å². The van der Waals surface area contributed by atoms with Crippen molar-refractivity contribution in [3.05, 3.63) is 0 Å². The van der Waals surface area contributed by atoms with Gasteiger partial charge in [-0.25, -0.2) is 0 Å². The van der Waals surface area contributed by atoms with Crippen LogP contribution in [0.1, 0.15) is 46.0 Å². The van der Waals surface area contributed by atoms with Crippen molar-refractivity contribution in [3.8, 4) is 0 Å².